The van der Waals surface area contributed by atoms with Crippen LogP contribution in [0.25, 0.3) is 0 Å². The van der Waals surface area contributed by atoms with Crippen LogP contribution in [0, 0.1) is 5.92 Å². The lowest BCUT2D eigenvalue weighted by atomic mass is 9.75. The molecule has 0 radical (unpaired) electrons. The van der Waals surface area contributed by atoms with Gasteiger partial charge in [0.2, 0.25) is 0 Å². The molecular weight excluding hydrogens is 366 g/mol. The maximum atomic E-state index is 13.5. The first-order chi connectivity index (χ1) is 13.1. The van der Waals surface area contributed by atoms with Gasteiger partial charge >= 0.3 is 6.03 Å². The van der Waals surface area contributed by atoms with E-state index in [-0.39, 0.29) is 18.4 Å². The molecule has 0 aromatic carbocycles. The summed E-state index contributed by atoms with van der Waals surface area (Å²) < 4.78 is 0. The molecule has 0 saturated carbocycles. The summed E-state index contributed by atoms with van der Waals surface area (Å²) in [6.45, 7) is 1.77. The number of hydrogen-bond acceptors (Lipinski definition) is 5. The van der Waals surface area contributed by atoms with E-state index in [0.29, 0.717) is 10.8 Å². The van der Waals surface area contributed by atoms with Crippen molar-refractivity contribution in [1.29, 1.82) is 0 Å². The van der Waals surface area contributed by atoms with Gasteiger partial charge in [0.1, 0.15) is 5.15 Å². The minimum absolute atomic E-state index is 0.0153. The van der Waals surface area contributed by atoms with Gasteiger partial charge in [-0.25, -0.2) is 9.78 Å². The zero-order valence-corrected chi connectivity index (χ0v) is 15.4. The molecule has 1 atom stereocenters. The minimum atomic E-state index is -1.12. The van der Waals surface area contributed by atoms with E-state index in [1.165, 1.54) is 4.90 Å². The highest BCUT2D eigenvalue weighted by Crippen LogP contribution is 2.40. The average molecular weight is 386 g/mol. The molecule has 8 heteroatoms. The van der Waals surface area contributed by atoms with Gasteiger partial charge in [0.05, 0.1) is 12.2 Å². The van der Waals surface area contributed by atoms with Crippen molar-refractivity contribution in [3.63, 3.8) is 0 Å². The normalized spacial score (nSPS) is 23.5. The smallest absolute Gasteiger partial charge is 0.318 e. The molecule has 2 aliphatic rings. The lowest BCUT2D eigenvalue weighted by Crippen LogP contribution is -2.53. The molecule has 2 aliphatic heterocycles. The van der Waals surface area contributed by atoms with Crippen molar-refractivity contribution in [3.8, 4) is 0 Å². The number of halogens is 1. The van der Waals surface area contributed by atoms with Crippen molar-refractivity contribution < 1.29 is 9.59 Å². The Morgan fingerprint density at radius 3 is 2.63 bits per heavy atom. The molecule has 3 amide bonds. The Balaban J connectivity index is 1.70. The summed E-state index contributed by atoms with van der Waals surface area (Å²) in [6, 6.07) is 8.47. The van der Waals surface area contributed by atoms with Gasteiger partial charge in [0.15, 0.2) is 5.54 Å². The summed E-state index contributed by atoms with van der Waals surface area (Å²) >= 11 is 5.83. The van der Waals surface area contributed by atoms with Crippen LogP contribution >= 0.6 is 11.6 Å². The predicted molar refractivity (Wildman–Crippen MR) is 99.8 cm³/mol. The van der Waals surface area contributed by atoms with Crippen LogP contribution < -0.4 is 10.6 Å². The highest BCUT2D eigenvalue weighted by atomic mass is 35.5. The van der Waals surface area contributed by atoms with Gasteiger partial charge in [-0.05, 0) is 55.6 Å². The second-order valence-electron chi connectivity index (χ2n) is 6.86. The number of amides is 3. The molecule has 4 rings (SSSR count). The topological polar surface area (TPSA) is 87.2 Å². The van der Waals surface area contributed by atoms with E-state index in [1.807, 2.05) is 12.1 Å². The summed E-state index contributed by atoms with van der Waals surface area (Å²) in [5.41, 5.74) is 0.206. The van der Waals surface area contributed by atoms with E-state index in [0.717, 1.165) is 31.5 Å². The Labute approximate surface area is 162 Å². The lowest BCUT2D eigenvalue weighted by molar-refractivity contribution is -0.134. The van der Waals surface area contributed by atoms with Gasteiger partial charge in [-0.15, -0.1) is 0 Å². The molecule has 4 heterocycles. The third-order valence-electron chi connectivity index (χ3n) is 5.28. The first kappa shape index (κ1) is 17.9. The molecule has 2 N–H and O–H groups in total. The van der Waals surface area contributed by atoms with Gasteiger partial charge in [-0.3, -0.25) is 14.7 Å². The van der Waals surface area contributed by atoms with Crippen molar-refractivity contribution >= 4 is 23.5 Å². The summed E-state index contributed by atoms with van der Waals surface area (Å²) in [6.07, 6.45) is 4.81. The molecule has 7 nitrogen and oxygen atoms in total. The number of aromatic nitrogens is 2. The first-order valence-corrected chi connectivity index (χ1v) is 9.36. The summed E-state index contributed by atoms with van der Waals surface area (Å²) in [7, 11) is 0. The largest absolute Gasteiger partial charge is 0.325 e. The summed E-state index contributed by atoms with van der Waals surface area (Å²) in [5, 5.41) is 6.67. The quantitative estimate of drug-likeness (QED) is 0.621. The molecule has 0 aliphatic carbocycles. The maximum absolute atomic E-state index is 13.5. The molecule has 2 aromatic rings. The fourth-order valence-corrected chi connectivity index (χ4v) is 4.04. The van der Waals surface area contributed by atoms with Crippen LogP contribution in [0.5, 0.6) is 0 Å². The predicted octanol–water partition coefficient (Wildman–Crippen LogP) is 2.08. The lowest BCUT2D eigenvalue weighted by Gasteiger charge is -2.37. The van der Waals surface area contributed by atoms with Crippen LogP contribution in [0.2, 0.25) is 5.15 Å². The number of carbonyl (C=O) groups is 2. The molecule has 2 fully saturated rings. The van der Waals surface area contributed by atoms with E-state index >= 15 is 0 Å². The zero-order chi connectivity index (χ0) is 18.9. The number of pyridine rings is 2. The molecule has 27 heavy (non-hydrogen) atoms. The Hall–Kier alpha value is -2.51. The van der Waals surface area contributed by atoms with Crippen molar-refractivity contribution in [2.24, 2.45) is 5.92 Å². The standard InChI is InChI=1S/C19H20ClN5O2/c20-16-5-4-13(11-23-16)12-25-17(26)19(24-18(25)27,14-6-9-21-10-7-14)15-3-1-2-8-22-15/h1-5,8,11,14,21H,6-7,9-10,12H2,(H,24,27)/t19-/m0/s1. The summed E-state index contributed by atoms with van der Waals surface area (Å²) in [5.74, 6) is -0.272. The second kappa shape index (κ2) is 7.25. The maximum Gasteiger partial charge on any atom is 0.325 e. The monoisotopic (exact) mass is 385 g/mol. The molecule has 0 unspecified atom stereocenters. The van der Waals surface area contributed by atoms with Gasteiger partial charge in [0, 0.05) is 12.4 Å². The van der Waals surface area contributed by atoms with Crippen molar-refractivity contribution in [2.75, 3.05) is 13.1 Å². The van der Waals surface area contributed by atoms with Crippen LogP contribution in [0.1, 0.15) is 24.1 Å². The molecule has 2 aromatic heterocycles. The highest BCUT2D eigenvalue weighted by molar-refractivity contribution is 6.29. The molecule has 2 saturated heterocycles. The SMILES string of the molecule is O=C1N[C@](c2ccccn2)(C2CCNCC2)C(=O)N1Cc1ccc(Cl)nc1. The number of imide groups is 1. The van der Waals surface area contributed by atoms with Crippen LogP contribution in [-0.4, -0.2) is 39.9 Å². The Bertz CT molecular complexity index is 839. The van der Waals surface area contributed by atoms with Gasteiger partial charge in [-0.2, -0.15) is 0 Å². The molecule has 140 valence electrons. The number of nitrogens with one attached hydrogen (secondary N) is 2. The average Bonchev–Trinajstić information content (AvgIpc) is 2.96. The number of hydrogen-bond donors (Lipinski definition) is 2. The number of piperidine rings is 1. The van der Waals surface area contributed by atoms with Crippen LogP contribution in [0.4, 0.5) is 4.79 Å². The number of urea groups is 1. The van der Waals surface area contributed by atoms with Crippen LogP contribution in [0.3, 0.4) is 0 Å². The van der Waals surface area contributed by atoms with Gasteiger partial charge in [0.25, 0.3) is 5.91 Å². The van der Waals surface area contributed by atoms with Crippen molar-refractivity contribution in [1.82, 2.24) is 25.5 Å². The van der Waals surface area contributed by atoms with E-state index in [1.54, 1.807) is 30.6 Å². The number of nitrogens with zero attached hydrogens (tertiary/aromatic N) is 3. The summed E-state index contributed by atoms with van der Waals surface area (Å²) in [4.78, 5) is 36.1. The number of rotatable bonds is 4. The zero-order valence-electron chi connectivity index (χ0n) is 14.7. The van der Waals surface area contributed by atoms with Crippen LogP contribution in [-0.2, 0) is 16.9 Å². The first-order valence-electron chi connectivity index (χ1n) is 8.98. The Morgan fingerprint density at radius 2 is 1.96 bits per heavy atom. The van der Waals surface area contributed by atoms with E-state index in [2.05, 4.69) is 20.6 Å². The van der Waals surface area contributed by atoms with Crippen LogP contribution in [0.15, 0.2) is 42.7 Å². The highest BCUT2D eigenvalue weighted by Gasteiger charge is 2.57. The van der Waals surface area contributed by atoms with E-state index < -0.39 is 11.6 Å². The Morgan fingerprint density at radius 1 is 1.15 bits per heavy atom. The fourth-order valence-electron chi connectivity index (χ4n) is 3.93. The fraction of sp³-hybridized carbons (Fsp3) is 0.368. The van der Waals surface area contributed by atoms with Crippen molar-refractivity contribution in [3.05, 3.63) is 59.1 Å². The molecular formula is C19H20ClN5O2. The van der Waals surface area contributed by atoms with E-state index in [4.69, 9.17) is 11.6 Å². The number of carbonyl (C=O) groups excluding carboxylic acids is 2. The van der Waals surface area contributed by atoms with E-state index in [9.17, 15) is 9.59 Å². The van der Waals surface area contributed by atoms with Crippen molar-refractivity contribution in [2.45, 2.75) is 24.9 Å². The Kier molecular flexibility index (Phi) is 4.80. The molecule has 0 bridgehead atoms. The third-order valence-corrected chi connectivity index (χ3v) is 5.51. The minimum Gasteiger partial charge on any atom is -0.318 e. The molecule has 0 spiro atoms. The third kappa shape index (κ3) is 3.17. The van der Waals surface area contributed by atoms with Gasteiger partial charge in [-0.1, -0.05) is 23.7 Å². The van der Waals surface area contributed by atoms with Gasteiger partial charge < -0.3 is 10.6 Å². The second-order valence-corrected chi connectivity index (χ2v) is 7.25.